The van der Waals surface area contributed by atoms with Crippen LogP contribution in [0.2, 0.25) is 5.02 Å². The van der Waals surface area contributed by atoms with Gasteiger partial charge in [-0.15, -0.1) is 0 Å². The van der Waals surface area contributed by atoms with E-state index in [0.717, 1.165) is 34.1 Å². The van der Waals surface area contributed by atoms with Gasteiger partial charge in [0, 0.05) is 19.7 Å². The number of anilines is 1. The Bertz CT molecular complexity index is 1190. The lowest BCUT2D eigenvalue weighted by atomic mass is 10.2. The fourth-order valence-electron chi connectivity index (χ4n) is 2.73. The number of halogens is 3. The molecule has 0 bridgehead atoms. The number of carbonyl (C=O) groups excluding carboxylic acids is 1. The molecule has 0 aromatic heterocycles. The summed E-state index contributed by atoms with van der Waals surface area (Å²) in [5, 5.41) is 2.18. The first-order valence-corrected chi connectivity index (χ1v) is 10.6. The maximum Gasteiger partial charge on any atom is 0.257 e. The maximum absolute atomic E-state index is 13.8. The summed E-state index contributed by atoms with van der Waals surface area (Å²) in [7, 11) is -2.52. The second-order valence-corrected chi connectivity index (χ2v) is 8.92. The highest BCUT2D eigenvalue weighted by Crippen LogP contribution is 2.25. The lowest BCUT2D eigenvalue weighted by Gasteiger charge is -2.18. The Morgan fingerprint density at radius 1 is 1.03 bits per heavy atom. The third-order valence-corrected chi connectivity index (χ3v) is 6.44. The minimum Gasteiger partial charge on any atom is -0.319 e. The van der Waals surface area contributed by atoms with Crippen LogP contribution in [0.4, 0.5) is 14.5 Å². The van der Waals surface area contributed by atoms with E-state index in [9.17, 15) is 22.0 Å². The number of amides is 1. The zero-order chi connectivity index (χ0) is 21.9. The van der Waals surface area contributed by atoms with Gasteiger partial charge in [-0.2, -0.15) is 4.31 Å². The highest BCUT2D eigenvalue weighted by Gasteiger charge is 2.24. The van der Waals surface area contributed by atoms with E-state index >= 15 is 0 Å². The molecule has 156 valence electrons. The van der Waals surface area contributed by atoms with Gasteiger partial charge in [0.05, 0.1) is 21.2 Å². The summed E-state index contributed by atoms with van der Waals surface area (Å²) in [4.78, 5) is 12.4. The van der Waals surface area contributed by atoms with Crippen molar-refractivity contribution in [3.8, 4) is 0 Å². The summed E-state index contributed by atoms with van der Waals surface area (Å²) in [6.07, 6.45) is 0. The molecule has 1 N–H and O–H groups in total. The van der Waals surface area contributed by atoms with Gasteiger partial charge < -0.3 is 5.32 Å². The third kappa shape index (κ3) is 4.84. The Morgan fingerprint density at radius 2 is 1.73 bits per heavy atom. The Kier molecular flexibility index (Phi) is 6.50. The van der Waals surface area contributed by atoms with Crippen molar-refractivity contribution in [3.05, 3.63) is 94.5 Å². The molecule has 1 amide bonds. The van der Waals surface area contributed by atoms with Crippen LogP contribution in [0.15, 0.2) is 71.6 Å². The highest BCUT2D eigenvalue weighted by atomic mass is 35.5. The molecule has 3 aromatic rings. The molecule has 0 aliphatic carbocycles. The Labute approximate surface area is 178 Å². The second-order valence-electron chi connectivity index (χ2n) is 6.47. The van der Waals surface area contributed by atoms with Gasteiger partial charge in [0.1, 0.15) is 11.6 Å². The van der Waals surface area contributed by atoms with Crippen LogP contribution in [0.1, 0.15) is 15.9 Å². The van der Waals surface area contributed by atoms with Gasteiger partial charge in [-0.25, -0.2) is 17.2 Å². The quantitative estimate of drug-likeness (QED) is 0.592. The monoisotopic (exact) mass is 450 g/mol. The van der Waals surface area contributed by atoms with Crippen LogP contribution in [-0.4, -0.2) is 25.7 Å². The van der Waals surface area contributed by atoms with Gasteiger partial charge in [-0.05, 0) is 35.9 Å². The van der Waals surface area contributed by atoms with Gasteiger partial charge in [-0.1, -0.05) is 41.9 Å². The predicted octanol–water partition coefficient (Wildman–Crippen LogP) is 4.69. The van der Waals surface area contributed by atoms with E-state index in [1.165, 1.54) is 19.2 Å². The minimum atomic E-state index is -3.94. The van der Waals surface area contributed by atoms with Crippen molar-refractivity contribution in [3.63, 3.8) is 0 Å². The molecule has 0 aliphatic rings. The molecule has 0 saturated carbocycles. The van der Waals surface area contributed by atoms with Gasteiger partial charge in [0.25, 0.3) is 5.91 Å². The minimum absolute atomic E-state index is 0.0334. The fourth-order valence-corrected chi connectivity index (χ4v) is 4.12. The fraction of sp³-hybridized carbons (Fsp3) is 0.0952. The number of hydrogen-bond acceptors (Lipinski definition) is 3. The van der Waals surface area contributed by atoms with Crippen LogP contribution < -0.4 is 5.32 Å². The van der Waals surface area contributed by atoms with Crippen molar-refractivity contribution in [2.45, 2.75) is 11.4 Å². The summed E-state index contributed by atoms with van der Waals surface area (Å²) >= 11 is 6.05. The van der Waals surface area contributed by atoms with Crippen LogP contribution >= 0.6 is 11.6 Å². The average Bonchev–Trinajstić information content (AvgIpc) is 2.71. The number of benzene rings is 3. The van der Waals surface area contributed by atoms with Crippen LogP contribution in [0.25, 0.3) is 0 Å². The Hall–Kier alpha value is -2.81. The highest BCUT2D eigenvalue weighted by molar-refractivity contribution is 7.89. The topological polar surface area (TPSA) is 66.5 Å². The molecule has 0 heterocycles. The molecule has 0 fully saturated rings. The maximum atomic E-state index is 13.8. The molecule has 0 radical (unpaired) electrons. The van der Waals surface area contributed by atoms with E-state index < -0.39 is 27.6 Å². The molecule has 3 rings (SSSR count). The molecule has 0 saturated heterocycles. The number of carbonyl (C=O) groups is 1. The number of rotatable bonds is 6. The van der Waals surface area contributed by atoms with E-state index in [0.29, 0.717) is 0 Å². The summed E-state index contributed by atoms with van der Waals surface area (Å²) in [5.41, 5.74) is 0.220. The Balaban J connectivity index is 1.88. The van der Waals surface area contributed by atoms with Crippen molar-refractivity contribution in [1.29, 1.82) is 0 Å². The third-order valence-electron chi connectivity index (χ3n) is 4.32. The molecule has 30 heavy (non-hydrogen) atoms. The van der Waals surface area contributed by atoms with Crippen LogP contribution in [-0.2, 0) is 16.6 Å². The molecule has 5 nitrogen and oxygen atoms in total. The average molecular weight is 451 g/mol. The standard InChI is InChI=1S/C21H17ClF2N2O3S/c1-26(13-14-5-3-2-4-6-14)30(28,29)16-8-9-18(22)17(12-16)21(27)25-20-11-15(23)7-10-19(20)24/h2-12H,13H2,1H3,(H,25,27). The zero-order valence-electron chi connectivity index (χ0n) is 15.8. The lowest BCUT2D eigenvalue weighted by molar-refractivity contribution is 0.102. The van der Waals surface area contributed by atoms with Gasteiger partial charge in [0.2, 0.25) is 10.0 Å². The van der Waals surface area contributed by atoms with Crippen molar-refractivity contribution in [2.24, 2.45) is 0 Å². The summed E-state index contributed by atoms with van der Waals surface area (Å²) < 4.78 is 54.1. The molecular formula is C21H17ClF2N2O3S. The molecule has 9 heteroatoms. The molecule has 0 unspecified atom stereocenters. The number of hydrogen-bond donors (Lipinski definition) is 1. The smallest absolute Gasteiger partial charge is 0.257 e. The van der Waals surface area contributed by atoms with Crippen molar-refractivity contribution in [1.82, 2.24) is 4.31 Å². The van der Waals surface area contributed by atoms with Gasteiger partial charge in [-0.3, -0.25) is 4.79 Å². The number of nitrogens with zero attached hydrogens (tertiary/aromatic N) is 1. The molecule has 3 aromatic carbocycles. The molecule has 0 spiro atoms. The second kappa shape index (κ2) is 8.91. The summed E-state index contributed by atoms with van der Waals surface area (Å²) in [6.45, 7) is 0.127. The SMILES string of the molecule is CN(Cc1ccccc1)S(=O)(=O)c1ccc(Cl)c(C(=O)Nc2cc(F)ccc2F)c1. The first-order chi connectivity index (χ1) is 14.2. The van der Waals surface area contributed by atoms with E-state index in [2.05, 4.69) is 5.32 Å². The lowest BCUT2D eigenvalue weighted by Crippen LogP contribution is -2.27. The van der Waals surface area contributed by atoms with Crippen molar-refractivity contribution in [2.75, 3.05) is 12.4 Å². The summed E-state index contributed by atoms with van der Waals surface area (Å²) in [6, 6.07) is 15.2. The van der Waals surface area contributed by atoms with Gasteiger partial charge >= 0.3 is 0 Å². The molecular weight excluding hydrogens is 434 g/mol. The van der Waals surface area contributed by atoms with E-state index in [1.807, 2.05) is 6.07 Å². The zero-order valence-corrected chi connectivity index (χ0v) is 17.3. The van der Waals surface area contributed by atoms with Crippen LogP contribution in [0.5, 0.6) is 0 Å². The van der Waals surface area contributed by atoms with E-state index in [4.69, 9.17) is 11.6 Å². The van der Waals surface area contributed by atoms with Crippen molar-refractivity contribution >= 4 is 33.2 Å². The predicted molar refractivity (Wildman–Crippen MR) is 111 cm³/mol. The molecule has 0 aliphatic heterocycles. The largest absolute Gasteiger partial charge is 0.319 e. The first-order valence-electron chi connectivity index (χ1n) is 8.74. The normalized spacial score (nSPS) is 11.5. The van der Waals surface area contributed by atoms with Gasteiger partial charge in [0.15, 0.2) is 0 Å². The summed E-state index contributed by atoms with van der Waals surface area (Å²) in [5.74, 6) is -2.45. The van der Waals surface area contributed by atoms with Crippen LogP contribution in [0, 0.1) is 11.6 Å². The molecule has 0 atom stereocenters. The van der Waals surface area contributed by atoms with Crippen LogP contribution in [0.3, 0.4) is 0 Å². The number of nitrogens with one attached hydrogen (secondary N) is 1. The van der Waals surface area contributed by atoms with E-state index in [-0.39, 0.29) is 27.7 Å². The first kappa shape index (κ1) is 21.9. The van der Waals surface area contributed by atoms with Crippen molar-refractivity contribution < 1.29 is 22.0 Å². The number of sulfonamides is 1. The Morgan fingerprint density at radius 3 is 2.43 bits per heavy atom. The van der Waals surface area contributed by atoms with E-state index in [1.54, 1.807) is 24.3 Å².